The maximum absolute atomic E-state index is 5.71. The van der Waals surface area contributed by atoms with Crippen LogP contribution in [-0.2, 0) is 0 Å². The first-order chi connectivity index (χ1) is 4.77. The molecule has 1 aliphatic rings. The zero-order chi connectivity index (χ0) is 7.14. The molecule has 0 bridgehead atoms. The molecule has 1 aromatic rings. The van der Waals surface area contributed by atoms with E-state index in [9.17, 15) is 0 Å². The zero-order valence-corrected chi connectivity index (χ0v) is 6.82. The molecule has 1 aromatic heterocycles. The van der Waals surface area contributed by atoms with Crippen LogP contribution >= 0.6 is 11.3 Å². The molecule has 0 radical (unpaired) electrons. The van der Waals surface area contributed by atoms with Crippen LogP contribution in [-0.4, -0.2) is 6.04 Å². The third-order valence-corrected chi connectivity index (χ3v) is 3.10. The van der Waals surface area contributed by atoms with E-state index in [1.54, 1.807) is 0 Å². The van der Waals surface area contributed by atoms with Crippen LogP contribution in [0.4, 0.5) is 0 Å². The summed E-state index contributed by atoms with van der Waals surface area (Å²) in [5.74, 6) is 0.693. The highest BCUT2D eigenvalue weighted by Crippen LogP contribution is 2.41. The average molecular weight is 153 g/mol. The second-order valence-electron chi connectivity index (χ2n) is 2.95. The van der Waals surface area contributed by atoms with Gasteiger partial charge in [-0.25, -0.2) is 0 Å². The van der Waals surface area contributed by atoms with Crippen LogP contribution in [0.15, 0.2) is 12.1 Å². The van der Waals surface area contributed by atoms with Crippen LogP contribution < -0.4 is 5.73 Å². The molecule has 1 fully saturated rings. The van der Waals surface area contributed by atoms with E-state index in [1.165, 1.54) is 16.2 Å². The Kier molecular flexibility index (Phi) is 1.32. The molecule has 2 heteroatoms. The van der Waals surface area contributed by atoms with Gasteiger partial charge in [-0.15, -0.1) is 11.3 Å². The summed E-state index contributed by atoms with van der Waals surface area (Å²) >= 11 is 1.88. The van der Waals surface area contributed by atoms with Gasteiger partial charge in [-0.2, -0.15) is 0 Å². The zero-order valence-electron chi connectivity index (χ0n) is 6.00. The Bertz CT molecular complexity index is 241. The summed E-state index contributed by atoms with van der Waals surface area (Å²) in [5.41, 5.74) is 5.71. The van der Waals surface area contributed by atoms with Crippen molar-refractivity contribution in [2.45, 2.75) is 25.3 Å². The van der Waals surface area contributed by atoms with E-state index >= 15 is 0 Å². The molecule has 1 nitrogen and oxygen atoms in total. The molecule has 1 saturated carbocycles. The highest BCUT2D eigenvalue weighted by atomic mass is 32.1. The smallest absolute Gasteiger partial charge is 0.0123 e. The van der Waals surface area contributed by atoms with Gasteiger partial charge in [-0.3, -0.25) is 0 Å². The first kappa shape index (κ1) is 6.38. The molecule has 1 aliphatic carbocycles. The second kappa shape index (κ2) is 2.07. The minimum atomic E-state index is 0.457. The van der Waals surface area contributed by atoms with Gasteiger partial charge in [0, 0.05) is 21.7 Å². The Balaban J connectivity index is 2.20. The summed E-state index contributed by atoms with van der Waals surface area (Å²) in [6.45, 7) is 2.14. The van der Waals surface area contributed by atoms with Gasteiger partial charge in [0.15, 0.2) is 0 Å². The number of hydrogen-bond acceptors (Lipinski definition) is 2. The van der Waals surface area contributed by atoms with Crippen molar-refractivity contribution in [1.29, 1.82) is 0 Å². The highest BCUT2D eigenvalue weighted by molar-refractivity contribution is 7.12. The van der Waals surface area contributed by atoms with E-state index in [-0.39, 0.29) is 0 Å². The number of thiophene rings is 1. The Morgan fingerprint density at radius 1 is 1.60 bits per heavy atom. The fourth-order valence-corrected chi connectivity index (χ4v) is 2.26. The number of hydrogen-bond donors (Lipinski definition) is 1. The number of rotatable bonds is 1. The molecule has 0 spiro atoms. The van der Waals surface area contributed by atoms with Crippen LogP contribution in [0.3, 0.4) is 0 Å². The van der Waals surface area contributed by atoms with Crippen molar-refractivity contribution >= 4 is 11.3 Å². The minimum Gasteiger partial charge on any atom is -0.327 e. The van der Waals surface area contributed by atoms with E-state index < -0.39 is 0 Å². The van der Waals surface area contributed by atoms with E-state index in [4.69, 9.17) is 5.73 Å². The van der Waals surface area contributed by atoms with Crippen LogP contribution in [0.2, 0.25) is 0 Å². The fourth-order valence-electron chi connectivity index (χ4n) is 1.19. The van der Waals surface area contributed by atoms with Gasteiger partial charge in [-0.1, -0.05) is 0 Å². The standard InChI is InChI=1S/C8H11NS/c1-5-2-3-8(10-5)6-4-7(6)9/h2-3,6-7H,4,9H2,1H3/t6-,7-/m1/s1. The molecule has 2 rings (SSSR count). The lowest BCUT2D eigenvalue weighted by Crippen LogP contribution is -1.99. The largest absolute Gasteiger partial charge is 0.327 e. The number of aryl methyl sites for hydroxylation is 1. The Labute approximate surface area is 64.9 Å². The molecule has 54 valence electrons. The molecule has 0 unspecified atom stereocenters. The van der Waals surface area contributed by atoms with E-state index in [2.05, 4.69) is 19.1 Å². The summed E-state index contributed by atoms with van der Waals surface area (Å²) in [6.07, 6.45) is 1.19. The topological polar surface area (TPSA) is 26.0 Å². The van der Waals surface area contributed by atoms with Crippen LogP contribution in [0.25, 0.3) is 0 Å². The van der Waals surface area contributed by atoms with Gasteiger partial charge >= 0.3 is 0 Å². The van der Waals surface area contributed by atoms with Crippen molar-refractivity contribution in [2.24, 2.45) is 5.73 Å². The molecule has 2 atom stereocenters. The molecule has 10 heavy (non-hydrogen) atoms. The minimum absolute atomic E-state index is 0.457. The van der Waals surface area contributed by atoms with Gasteiger partial charge < -0.3 is 5.73 Å². The van der Waals surface area contributed by atoms with Crippen molar-refractivity contribution in [3.63, 3.8) is 0 Å². The van der Waals surface area contributed by atoms with E-state index in [0.717, 1.165) is 0 Å². The maximum Gasteiger partial charge on any atom is 0.0123 e. The first-order valence-electron chi connectivity index (χ1n) is 3.59. The van der Waals surface area contributed by atoms with Crippen LogP contribution in [0.5, 0.6) is 0 Å². The van der Waals surface area contributed by atoms with Gasteiger partial charge in [0.2, 0.25) is 0 Å². The summed E-state index contributed by atoms with van der Waals surface area (Å²) in [7, 11) is 0. The third kappa shape index (κ3) is 0.976. The fraction of sp³-hybridized carbons (Fsp3) is 0.500. The molecular formula is C8H11NS. The number of nitrogens with two attached hydrogens (primary N) is 1. The van der Waals surface area contributed by atoms with Gasteiger partial charge in [0.25, 0.3) is 0 Å². The van der Waals surface area contributed by atoms with Gasteiger partial charge in [0.05, 0.1) is 0 Å². The molecule has 0 aliphatic heterocycles. The van der Waals surface area contributed by atoms with Crippen molar-refractivity contribution in [3.8, 4) is 0 Å². The SMILES string of the molecule is Cc1ccc([C@@H]2C[C@H]2N)s1. The summed E-state index contributed by atoms with van der Waals surface area (Å²) in [6, 6.07) is 4.83. The average Bonchev–Trinajstić information content (AvgIpc) is 2.42. The lowest BCUT2D eigenvalue weighted by Gasteiger charge is -1.87. The second-order valence-corrected chi connectivity index (χ2v) is 4.27. The molecule has 2 N–H and O–H groups in total. The predicted molar refractivity (Wildman–Crippen MR) is 44.4 cm³/mol. The normalized spacial score (nSPS) is 30.6. The molecule has 0 saturated heterocycles. The maximum atomic E-state index is 5.71. The predicted octanol–water partition coefficient (Wildman–Crippen LogP) is 1.87. The summed E-state index contributed by atoms with van der Waals surface area (Å²) < 4.78 is 0. The van der Waals surface area contributed by atoms with Gasteiger partial charge in [0.1, 0.15) is 0 Å². The monoisotopic (exact) mass is 153 g/mol. The van der Waals surface area contributed by atoms with Crippen molar-refractivity contribution in [3.05, 3.63) is 21.9 Å². The first-order valence-corrected chi connectivity index (χ1v) is 4.41. The quantitative estimate of drug-likeness (QED) is 0.655. The van der Waals surface area contributed by atoms with Crippen molar-refractivity contribution in [2.75, 3.05) is 0 Å². The molecule has 0 amide bonds. The highest BCUT2D eigenvalue weighted by Gasteiger charge is 2.35. The summed E-state index contributed by atoms with van der Waals surface area (Å²) in [4.78, 5) is 2.87. The lowest BCUT2D eigenvalue weighted by atomic mass is 10.3. The lowest BCUT2D eigenvalue weighted by molar-refractivity contribution is 1.01. The van der Waals surface area contributed by atoms with Gasteiger partial charge in [-0.05, 0) is 25.5 Å². The van der Waals surface area contributed by atoms with E-state index in [1.807, 2.05) is 11.3 Å². The van der Waals surface area contributed by atoms with Crippen molar-refractivity contribution < 1.29 is 0 Å². The van der Waals surface area contributed by atoms with Crippen LogP contribution in [0.1, 0.15) is 22.1 Å². The van der Waals surface area contributed by atoms with Crippen molar-refractivity contribution in [1.82, 2.24) is 0 Å². The van der Waals surface area contributed by atoms with Crippen LogP contribution in [0, 0.1) is 6.92 Å². The van der Waals surface area contributed by atoms with E-state index in [0.29, 0.717) is 12.0 Å². The Morgan fingerprint density at radius 2 is 2.30 bits per heavy atom. The molecule has 1 heterocycles. The third-order valence-electron chi connectivity index (χ3n) is 1.97. The molecular weight excluding hydrogens is 142 g/mol. The summed E-state index contributed by atoms with van der Waals surface area (Å²) in [5, 5.41) is 0. The Morgan fingerprint density at radius 3 is 2.70 bits per heavy atom. The molecule has 0 aromatic carbocycles. The Hall–Kier alpha value is -0.340.